The zero-order valence-corrected chi connectivity index (χ0v) is 12.6. The fraction of sp³-hybridized carbons (Fsp3) is 0.500. The molecule has 1 N–H and O–H groups in total. The Labute approximate surface area is 124 Å². The van der Waals surface area contributed by atoms with Crippen molar-refractivity contribution in [2.75, 3.05) is 13.1 Å². The van der Waals surface area contributed by atoms with Gasteiger partial charge in [0.2, 0.25) is 5.91 Å². The number of carbonyl (C=O) groups excluding carboxylic acids is 2. The molecule has 1 fully saturated rings. The first kappa shape index (κ1) is 15.5. The molecule has 0 radical (unpaired) electrons. The molecule has 5 heteroatoms. The van der Waals surface area contributed by atoms with E-state index in [1.165, 1.54) is 18.2 Å². The molecule has 1 aromatic rings. The molecule has 114 valence electrons. The van der Waals surface area contributed by atoms with Gasteiger partial charge in [-0.2, -0.15) is 0 Å². The molecule has 1 aliphatic heterocycles. The van der Waals surface area contributed by atoms with E-state index in [1.54, 1.807) is 11.0 Å². The summed E-state index contributed by atoms with van der Waals surface area (Å²) in [7, 11) is 0. The minimum absolute atomic E-state index is 0.0249. The molecule has 2 amide bonds. The highest BCUT2D eigenvalue weighted by Crippen LogP contribution is 2.20. The Bertz CT molecular complexity index is 551. The molecule has 0 aliphatic carbocycles. The van der Waals surface area contributed by atoms with Crippen molar-refractivity contribution in [3.05, 3.63) is 35.6 Å². The highest BCUT2D eigenvalue weighted by atomic mass is 19.1. The summed E-state index contributed by atoms with van der Waals surface area (Å²) in [5, 5.41) is 2.80. The summed E-state index contributed by atoms with van der Waals surface area (Å²) in [4.78, 5) is 25.8. The molecule has 1 saturated heterocycles. The van der Waals surface area contributed by atoms with Crippen LogP contribution >= 0.6 is 0 Å². The van der Waals surface area contributed by atoms with Gasteiger partial charge in [-0.1, -0.05) is 26.8 Å². The van der Waals surface area contributed by atoms with Gasteiger partial charge in [-0.3, -0.25) is 9.59 Å². The number of benzene rings is 1. The van der Waals surface area contributed by atoms with Gasteiger partial charge in [0.05, 0.1) is 6.04 Å². The Morgan fingerprint density at radius 2 is 2.14 bits per heavy atom. The highest BCUT2D eigenvalue weighted by molar-refractivity contribution is 5.95. The molecular weight excluding hydrogens is 271 g/mol. The van der Waals surface area contributed by atoms with Gasteiger partial charge in [-0.05, 0) is 23.6 Å². The molecule has 0 unspecified atom stereocenters. The largest absolute Gasteiger partial charge is 0.347 e. The smallest absolute Gasteiger partial charge is 0.251 e. The molecule has 0 aromatic heterocycles. The summed E-state index contributed by atoms with van der Waals surface area (Å²) >= 11 is 0. The van der Waals surface area contributed by atoms with E-state index >= 15 is 0 Å². The van der Waals surface area contributed by atoms with Crippen LogP contribution in [0.25, 0.3) is 0 Å². The van der Waals surface area contributed by atoms with Crippen LogP contribution in [-0.2, 0) is 4.79 Å². The molecule has 1 aromatic carbocycles. The average molecular weight is 292 g/mol. The van der Waals surface area contributed by atoms with Gasteiger partial charge in [0.15, 0.2) is 0 Å². The minimum atomic E-state index is -0.445. The molecule has 4 nitrogen and oxygen atoms in total. The fourth-order valence-corrected chi connectivity index (χ4v) is 2.49. The topological polar surface area (TPSA) is 49.4 Å². The number of hydrogen-bond acceptors (Lipinski definition) is 2. The standard InChI is InChI=1S/C16H21FN2O2/c1-16(2,3)10-19-9-13(8-14(19)20)18-15(21)11-5-4-6-12(17)7-11/h4-7,13H,8-10H2,1-3H3,(H,18,21)/t13-/m0/s1. The zero-order chi connectivity index (χ0) is 15.6. The van der Waals surface area contributed by atoms with Gasteiger partial charge in [-0.25, -0.2) is 4.39 Å². The maximum absolute atomic E-state index is 13.1. The Morgan fingerprint density at radius 3 is 2.76 bits per heavy atom. The van der Waals surface area contributed by atoms with Crippen molar-refractivity contribution in [1.82, 2.24) is 10.2 Å². The van der Waals surface area contributed by atoms with Crippen LogP contribution in [0.1, 0.15) is 37.6 Å². The number of hydrogen-bond donors (Lipinski definition) is 1. The van der Waals surface area contributed by atoms with Crippen molar-refractivity contribution in [2.45, 2.75) is 33.2 Å². The lowest BCUT2D eigenvalue weighted by atomic mass is 9.96. The van der Waals surface area contributed by atoms with E-state index in [9.17, 15) is 14.0 Å². The van der Waals surface area contributed by atoms with E-state index in [2.05, 4.69) is 26.1 Å². The third kappa shape index (κ3) is 4.28. The van der Waals surface area contributed by atoms with Crippen LogP contribution in [0.4, 0.5) is 4.39 Å². The third-order valence-electron chi connectivity index (χ3n) is 3.30. The molecular formula is C16H21FN2O2. The Balaban J connectivity index is 1.96. The first-order chi connectivity index (χ1) is 9.74. The first-order valence-electron chi connectivity index (χ1n) is 7.09. The van der Waals surface area contributed by atoms with E-state index in [0.29, 0.717) is 19.5 Å². The lowest BCUT2D eigenvalue weighted by Gasteiger charge is -2.26. The highest BCUT2D eigenvalue weighted by Gasteiger charge is 2.32. The Hall–Kier alpha value is -1.91. The molecule has 2 rings (SSSR count). The van der Waals surface area contributed by atoms with Gasteiger partial charge in [0.1, 0.15) is 5.82 Å². The van der Waals surface area contributed by atoms with Crippen LogP contribution in [0.15, 0.2) is 24.3 Å². The number of nitrogens with one attached hydrogen (secondary N) is 1. The van der Waals surface area contributed by atoms with Crippen molar-refractivity contribution in [1.29, 1.82) is 0 Å². The van der Waals surface area contributed by atoms with Gasteiger partial charge in [-0.15, -0.1) is 0 Å². The second kappa shape index (κ2) is 5.84. The van der Waals surface area contributed by atoms with Crippen LogP contribution in [0, 0.1) is 11.2 Å². The predicted octanol–water partition coefficient (Wildman–Crippen LogP) is 2.20. The molecule has 0 spiro atoms. The van der Waals surface area contributed by atoms with Crippen LogP contribution in [0.2, 0.25) is 0 Å². The molecule has 0 bridgehead atoms. The number of carbonyl (C=O) groups is 2. The van der Waals surface area contributed by atoms with Gasteiger partial charge in [0.25, 0.3) is 5.91 Å². The minimum Gasteiger partial charge on any atom is -0.347 e. The van der Waals surface area contributed by atoms with Crippen molar-refractivity contribution >= 4 is 11.8 Å². The van der Waals surface area contributed by atoms with E-state index in [0.717, 1.165) is 0 Å². The van der Waals surface area contributed by atoms with E-state index < -0.39 is 5.82 Å². The number of halogens is 1. The van der Waals surface area contributed by atoms with E-state index in [4.69, 9.17) is 0 Å². The third-order valence-corrected chi connectivity index (χ3v) is 3.30. The average Bonchev–Trinajstić information content (AvgIpc) is 2.67. The van der Waals surface area contributed by atoms with Crippen molar-refractivity contribution in [3.8, 4) is 0 Å². The van der Waals surface area contributed by atoms with Crippen molar-refractivity contribution in [3.63, 3.8) is 0 Å². The fourth-order valence-electron chi connectivity index (χ4n) is 2.49. The van der Waals surface area contributed by atoms with Gasteiger partial charge >= 0.3 is 0 Å². The summed E-state index contributed by atoms with van der Waals surface area (Å²) in [5.74, 6) is -0.737. The predicted molar refractivity (Wildman–Crippen MR) is 78.3 cm³/mol. The molecule has 1 heterocycles. The van der Waals surface area contributed by atoms with Crippen molar-refractivity contribution < 1.29 is 14.0 Å². The monoisotopic (exact) mass is 292 g/mol. The van der Waals surface area contributed by atoms with Crippen molar-refractivity contribution in [2.24, 2.45) is 5.41 Å². The summed E-state index contributed by atoms with van der Waals surface area (Å²) < 4.78 is 13.1. The lowest BCUT2D eigenvalue weighted by molar-refractivity contribution is -0.128. The SMILES string of the molecule is CC(C)(C)CN1C[C@@H](NC(=O)c2cccc(F)c2)CC1=O. The quantitative estimate of drug-likeness (QED) is 0.928. The second-order valence-corrected chi connectivity index (χ2v) is 6.72. The summed E-state index contributed by atoms with van der Waals surface area (Å²) in [6.07, 6.45) is 0.303. The molecule has 1 aliphatic rings. The normalized spacial score (nSPS) is 19.0. The number of rotatable bonds is 3. The molecule has 21 heavy (non-hydrogen) atoms. The van der Waals surface area contributed by atoms with Gasteiger partial charge < -0.3 is 10.2 Å². The van der Waals surface area contributed by atoms with Crippen LogP contribution in [0.3, 0.4) is 0 Å². The zero-order valence-electron chi connectivity index (χ0n) is 12.6. The van der Waals surface area contributed by atoms with E-state index in [1.807, 2.05) is 0 Å². The van der Waals surface area contributed by atoms with Crippen LogP contribution in [0.5, 0.6) is 0 Å². The Kier molecular flexibility index (Phi) is 4.30. The number of amides is 2. The number of nitrogens with zero attached hydrogens (tertiary/aromatic N) is 1. The summed E-state index contributed by atoms with van der Waals surface area (Å²) in [6, 6.07) is 5.33. The molecule has 0 saturated carbocycles. The maximum atomic E-state index is 13.1. The second-order valence-electron chi connectivity index (χ2n) is 6.72. The summed E-state index contributed by atoms with van der Waals surface area (Å²) in [5.41, 5.74) is 0.300. The molecule has 1 atom stereocenters. The Morgan fingerprint density at radius 1 is 1.43 bits per heavy atom. The number of likely N-dealkylation sites (tertiary alicyclic amines) is 1. The lowest BCUT2D eigenvalue weighted by Crippen LogP contribution is -2.39. The first-order valence-corrected chi connectivity index (χ1v) is 7.09. The van der Waals surface area contributed by atoms with E-state index in [-0.39, 0.29) is 28.8 Å². The van der Waals surface area contributed by atoms with Crippen LogP contribution in [-0.4, -0.2) is 35.8 Å². The van der Waals surface area contributed by atoms with Gasteiger partial charge in [0, 0.05) is 25.1 Å². The van der Waals surface area contributed by atoms with Crippen LogP contribution < -0.4 is 5.32 Å². The maximum Gasteiger partial charge on any atom is 0.251 e. The summed E-state index contributed by atoms with van der Waals surface area (Å²) in [6.45, 7) is 7.38.